The Morgan fingerprint density at radius 3 is 2.43 bits per heavy atom. The van der Waals surface area contributed by atoms with E-state index in [2.05, 4.69) is 58.6 Å². The normalized spacial score (nSPS) is 16.2. The number of esters is 1. The molecule has 0 spiro atoms. The van der Waals surface area contributed by atoms with E-state index in [4.69, 9.17) is 9.47 Å². The van der Waals surface area contributed by atoms with Crippen LogP contribution in [-0.2, 0) is 10.2 Å². The minimum absolute atomic E-state index is 0.0303. The summed E-state index contributed by atoms with van der Waals surface area (Å²) in [5.41, 5.74) is 4.58. The van der Waals surface area contributed by atoms with Crippen LogP contribution in [0.15, 0.2) is 36.4 Å². The average Bonchev–Trinajstić information content (AvgIpc) is 2.59. The Balaban J connectivity index is 1.90. The second-order valence-corrected chi connectivity index (χ2v) is 8.63. The molecule has 3 rings (SSSR count). The number of carbonyl (C=O) groups excluding carboxylic acids is 1. The molecule has 1 heterocycles. The lowest BCUT2D eigenvalue weighted by Crippen LogP contribution is -2.41. The Kier molecular flexibility index (Phi) is 5.26. The van der Waals surface area contributed by atoms with Crippen LogP contribution < -0.4 is 4.74 Å². The zero-order valence-corrected chi connectivity index (χ0v) is 17.6. The van der Waals surface area contributed by atoms with E-state index in [9.17, 15) is 4.79 Å². The first-order chi connectivity index (χ1) is 13.1. The van der Waals surface area contributed by atoms with Gasteiger partial charge in [0.25, 0.3) is 0 Å². The summed E-state index contributed by atoms with van der Waals surface area (Å²) >= 11 is 0. The number of carbonyl (C=O) groups is 1. The van der Waals surface area contributed by atoms with Crippen molar-refractivity contribution in [2.24, 2.45) is 0 Å². The van der Waals surface area contributed by atoms with Gasteiger partial charge in [-0.05, 0) is 81.5 Å². The van der Waals surface area contributed by atoms with Crippen LogP contribution in [0.3, 0.4) is 0 Å². The van der Waals surface area contributed by atoms with Crippen LogP contribution >= 0.6 is 0 Å². The largest absolute Gasteiger partial charge is 0.488 e. The first-order valence-corrected chi connectivity index (χ1v) is 9.75. The molecule has 0 unspecified atom stereocenters. The lowest BCUT2D eigenvalue weighted by Gasteiger charge is -2.42. The molecule has 0 aromatic heterocycles. The van der Waals surface area contributed by atoms with E-state index in [1.54, 1.807) is 19.1 Å². The number of fused-ring (bicyclic) bond motifs is 1. The molecule has 0 fully saturated rings. The Morgan fingerprint density at radius 1 is 1.11 bits per heavy atom. The Bertz CT molecular complexity index is 954. The summed E-state index contributed by atoms with van der Waals surface area (Å²) in [7, 11) is 0. The van der Waals surface area contributed by atoms with Crippen LogP contribution in [0.1, 0.15) is 73.7 Å². The SMILES string of the molecule is CCOC(=O)c1ccc(C#Cc2cc3c(cc2C)OC(C)(C)CC3(C)C)cc1. The van der Waals surface area contributed by atoms with Gasteiger partial charge < -0.3 is 9.47 Å². The van der Waals surface area contributed by atoms with E-state index in [1.165, 1.54) is 5.56 Å². The van der Waals surface area contributed by atoms with Gasteiger partial charge in [-0.1, -0.05) is 25.7 Å². The van der Waals surface area contributed by atoms with Gasteiger partial charge >= 0.3 is 5.97 Å². The molecule has 0 aliphatic carbocycles. The summed E-state index contributed by atoms with van der Waals surface area (Å²) in [5, 5.41) is 0. The fraction of sp³-hybridized carbons (Fsp3) is 0.400. The molecule has 3 nitrogen and oxygen atoms in total. The zero-order valence-electron chi connectivity index (χ0n) is 17.6. The van der Waals surface area contributed by atoms with Gasteiger partial charge in [0.1, 0.15) is 11.4 Å². The molecular weight excluding hydrogens is 348 g/mol. The van der Waals surface area contributed by atoms with Crippen LogP contribution in [0.4, 0.5) is 0 Å². The zero-order chi connectivity index (χ0) is 20.5. The molecule has 0 atom stereocenters. The summed E-state index contributed by atoms with van der Waals surface area (Å²) in [5.74, 6) is 7.15. The Labute approximate surface area is 168 Å². The van der Waals surface area contributed by atoms with Gasteiger partial charge in [-0.2, -0.15) is 0 Å². The molecular formula is C25H28O3. The second kappa shape index (κ2) is 7.36. The Hall–Kier alpha value is -2.73. The van der Waals surface area contributed by atoms with Gasteiger partial charge in [0, 0.05) is 16.7 Å². The summed E-state index contributed by atoms with van der Waals surface area (Å²) in [6.07, 6.45) is 0.957. The molecule has 0 N–H and O–H groups in total. The van der Waals surface area contributed by atoms with Gasteiger partial charge in [-0.15, -0.1) is 0 Å². The van der Waals surface area contributed by atoms with Crippen molar-refractivity contribution in [2.75, 3.05) is 6.61 Å². The lowest BCUT2D eigenvalue weighted by atomic mass is 9.73. The molecule has 2 aromatic rings. The standard InChI is InChI=1S/C25H28O3/c1-7-27-23(26)19-11-8-18(9-12-19)10-13-20-15-21-22(14-17(20)2)28-25(5,6)16-24(21,3)4/h8-9,11-12,14-15H,7,16H2,1-6H3. The van der Waals surface area contributed by atoms with E-state index < -0.39 is 0 Å². The molecule has 146 valence electrons. The molecule has 2 aromatic carbocycles. The monoisotopic (exact) mass is 376 g/mol. The van der Waals surface area contributed by atoms with Crippen molar-refractivity contribution in [2.45, 2.75) is 59.0 Å². The maximum absolute atomic E-state index is 11.8. The highest BCUT2D eigenvalue weighted by molar-refractivity contribution is 5.89. The van der Waals surface area contributed by atoms with Crippen molar-refractivity contribution in [1.82, 2.24) is 0 Å². The van der Waals surface area contributed by atoms with Crippen molar-refractivity contribution in [3.8, 4) is 17.6 Å². The smallest absolute Gasteiger partial charge is 0.338 e. The van der Waals surface area contributed by atoms with Crippen LogP contribution in [0.25, 0.3) is 0 Å². The highest BCUT2D eigenvalue weighted by atomic mass is 16.5. The van der Waals surface area contributed by atoms with E-state index >= 15 is 0 Å². The van der Waals surface area contributed by atoms with Crippen molar-refractivity contribution in [3.63, 3.8) is 0 Å². The molecule has 0 bridgehead atoms. The second-order valence-electron chi connectivity index (χ2n) is 8.63. The first-order valence-electron chi connectivity index (χ1n) is 9.75. The molecule has 3 heteroatoms. The molecule has 0 saturated heterocycles. The van der Waals surface area contributed by atoms with Crippen LogP contribution in [-0.4, -0.2) is 18.2 Å². The lowest BCUT2D eigenvalue weighted by molar-refractivity contribution is 0.0522. The van der Waals surface area contributed by atoms with E-state index in [0.29, 0.717) is 12.2 Å². The topological polar surface area (TPSA) is 35.5 Å². The molecule has 28 heavy (non-hydrogen) atoms. The fourth-order valence-electron chi connectivity index (χ4n) is 3.97. The molecule has 1 aliphatic heterocycles. The van der Waals surface area contributed by atoms with Gasteiger partial charge in [0.2, 0.25) is 0 Å². The number of hydrogen-bond donors (Lipinski definition) is 0. The highest BCUT2D eigenvalue weighted by Gasteiger charge is 2.39. The maximum atomic E-state index is 11.8. The minimum atomic E-state index is -0.308. The van der Waals surface area contributed by atoms with Crippen LogP contribution in [0.2, 0.25) is 0 Å². The van der Waals surface area contributed by atoms with Crippen molar-refractivity contribution in [1.29, 1.82) is 0 Å². The molecule has 0 saturated carbocycles. The molecule has 1 aliphatic rings. The quantitative estimate of drug-likeness (QED) is 0.519. The van der Waals surface area contributed by atoms with Crippen LogP contribution in [0, 0.1) is 18.8 Å². The van der Waals surface area contributed by atoms with Crippen molar-refractivity contribution >= 4 is 5.97 Å². The summed E-state index contributed by atoms with van der Waals surface area (Å²) < 4.78 is 11.2. The molecule has 0 amide bonds. The van der Waals surface area contributed by atoms with Crippen molar-refractivity contribution in [3.05, 3.63) is 64.2 Å². The van der Waals surface area contributed by atoms with Crippen molar-refractivity contribution < 1.29 is 14.3 Å². The number of hydrogen-bond acceptors (Lipinski definition) is 3. The number of aryl methyl sites for hydroxylation is 1. The van der Waals surface area contributed by atoms with Gasteiger partial charge in [-0.3, -0.25) is 0 Å². The average molecular weight is 376 g/mol. The highest BCUT2D eigenvalue weighted by Crippen LogP contribution is 2.45. The minimum Gasteiger partial charge on any atom is -0.488 e. The summed E-state index contributed by atoms with van der Waals surface area (Å²) in [6.45, 7) is 13.0. The van der Waals surface area contributed by atoms with Gasteiger partial charge in [0.15, 0.2) is 0 Å². The molecule has 0 radical (unpaired) electrons. The number of benzene rings is 2. The predicted molar refractivity (Wildman–Crippen MR) is 112 cm³/mol. The number of rotatable bonds is 2. The van der Waals surface area contributed by atoms with Gasteiger partial charge in [-0.25, -0.2) is 4.79 Å². The first kappa shape index (κ1) is 20.0. The van der Waals surface area contributed by atoms with E-state index in [0.717, 1.165) is 28.9 Å². The maximum Gasteiger partial charge on any atom is 0.338 e. The third-order valence-corrected chi connectivity index (χ3v) is 5.05. The summed E-state index contributed by atoms with van der Waals surface area (Å²) in [6, 6.07) is 11.5. The van der Waals surface area contributed by atoms with Crippen LogP contribution in [0.5, 0.6) is 5.75 Å². The predicted octanol–water partition coefficient (Wildman–Crippen LogP) is 5.41. The van der Waals surface area contributed by atoms with E-state index in [-0.39, 0.29) is 17.0 Å². The fourth-order valence-corrected chi connectivity index (χ4v) is 3.97. The Morgan fingerprint density at radius 2 is 1.79 bits per heavy atom. The number of ether oxygens (including phenoxy) is 2. The van der Waals surface area contributed by atoms with Gasteiger partial charge in [0.05, 0.1) is 12.2 Å². The third-order valence-electron chi connectivity index (χ3n) is 5.05. The third kappa shape index (κ3) is 4.22. The summed E-state index contributed by atoms with van der Waals surface area (Å²) in [4.78, 5) is 11.8. The van der Waals surface area contributed by atoms with E-state index in [1.807, 2.05) is 12.1 Å².